The summed E-state index contributed by atoms with van der Waals surface area (Å²) in [4.78, 5) is 0. The van der Waals surface area contributed by atoms with Gasteiger partial charge in [0.15, 0.2) is 0 Å². The summed E-state index contributed by atoms with van der Waals surface area (Å²) in [6, 6.07) is 8.57. The third-order valence-electron chi connectivity index (χ3n) is 3.70. The molecule has 0 spiro atoms. The Kier molecular flexibility index (Phi) is 4.46. The van der Waals surface area contributed by atoms with Crippen LogP contribution >= 0.6 is 11.6 Å². The van der Waals surface area contributed by atoms with E-state index < -0.39 is 6.10 Å². The van der Waals surface area contributed by atoms with Crippen molar-refractivity contribution in [2.45, 2.75) is 33.3 Å². The Balaban J connectivity index is 2.33. The molecule has 0 saturated heterocycles. The first-order valence-electron chi connectivity index (χ1n) is 6.59. The molecule has 1 unspecified atom stereocenters. The molecule has 2 rings (SSSR count). The Morgan fingerprint density at radius 3 is 2.40 bits per heavy atom. The fourth-order valence-corrected chi connectivity index (χ4v) is 2.61. The van der Waals surface area contributed by atoms with E-state index in [1.54, 1.807) is 12.1 Å². The SMILES string of the molecule is Cc1cc(C)c(C(O)Cc2c(F)cccc2Cl)cc1C. The van der Waals surface area contributed by atoms with Gasteiger partial charge in [0.2, 0.25) is 0 Å². The quantitative estimate of drug-likeness (QED) is 0.871. The highest BCUT2D eigenvalue weighted by atomic mass is 35.5. The Hall–Kier alpha value is -1.38. The second kappa shape index (κ2) is 5.94. The number of halogens is 2. The van der Waals surface area contributed by atoms with Crippen molar-refractivity contribution in [3.63, 3.8) is 0 Å². The van der Waals surface area contributed by atoms with Crippen LogP contribution in [-0.2, 0) is 6.42 Å². The molecule has 0 aliphatic rings. The predicted octanol–water partition coefficient (Wildman–Crippen LogP) is 4.68. The normalized spacial score (nSPS) is 12.5. The molecule has 1 nitrogen and oxygen atoms in total. The molecule has 0 aliphatic heterocycles. The Morgan fingerprint density at radius 1 is 1.10 bits per heavy atom. The van der Waals surface area contributed by atoms with Crippen LogP contribution in [-0.4, -0.2) is 5.11 Å². The van der Waals surface area contributed by atoms with Gasteiger partial charge in [-0.2, -0.15) is 0 Å². The minimum Gasteiger partial charge on any atom is -0.388 e. The molecule has 0 amide bonds. The summed E-state index contributed by atoms with van der Waals surface area (Å²) in [7, 11) is 0. The van der Waals surface area contributed by atoms with Gasteiger partial charge in [0.25, 0.3) is 0 Å². The van der Waals surface area contributed by atoms with E-state index in [2.05, 4.69) is 0 Å². The lowest BCUT2D eigenvalue weighted by atomic mass is 9.94. The summed E-state index contributed by atoms with van der Waals surface area (Å²) in [5.74, 6) is -0.377. The highest BCUT2D eigenvalue weighted by Crippen LogP contribution is 2.28. The van der Waals surface area contributed by atoms with Gasteiger partial charge >= 0.3 is 0 Å². The van der Waals surface area contributed by atoms with E-state index in [0.29, 0.717) is 10.6 Å². The van der Waals surface area contributed by atoms with Gasteiger partial charge in [-0.3, -0.25) is 0 Å². The van der Waals surface area contributed by atoms with Crippen molar-refractivity contribution in [1.82, 2.24) is 0 Å². The summed E-state index contributed by atoms with van der Waals surface area (Å²) in [5.41, 5.74) is 4.49. The van der Waals surface area contributed by atoms with Crippen LogP contribution in [0, 0.1) is 26.6 Å². The third kappa shape index (κ3) is 3.02. The monoisotopic (exact) mass is 292 g/mol. The Morgan fingerprint density at radius 2 is 1.75 bits per heavy atom. The number of aliphatic hydroxyl groups excluding tert-OH is 1. The van der Waals surface area contributed by atoms with Crippen LogP contribution in [0.5, 0.6) is 0 Å². The predicted molar refractivity (Wildman–Crippen MR) is 80.7 cm³/mol. The van der Waals surface area contributed by atoms with Gasteiger partial charge < -0.3 is 5.11 Å². The maximum absolute atomic E-state index is 13.8. The van der Waals surface area contributed by atoms with E-state index in [9.17, 15) is 9.50 Å². The zero-order valence-corrected chi connectivity index (χ0v) is 12.6. The Labute approximate surface area is 124 Å². The van der Waals surface area contributed by atoms with Gasteiger partial charge in [0.1, 0.15) is 5.82 Å². The average molecular weight is 293 g/mol. The summed E-state index contributed by atoms with van der Waals surface area (Å²) >= 11 is 6.01. The first kappa shape index (κ1) is 15.0. The van der Waals surface area contributed by atoms with Crippen LogP contribution in [0.25, 0.3) is 0 Å². The van der Waals surface area contributed by atoms with E-state index in [0.717, 1.165) is 16.7 Å². The summed E-state index contributed by atoms with van der Waals surface area (Å²) in [6.45, 7) is 5.99. The number of aliphatic hydroxyl groups is 1. The van der Waals surface area contributed by atoms with Crippen LogP contribution in [0.1, 0.15) is 33.9 Å². The number of hydrogen-bond donors (Lipinski definition) is 1. The van der Waals surface area contributed by atoms with Gasteiger partial charge in [0.05, 0.1) is 6.10 Å². The fourth-order valence-electron chi connectivity index (χ4n) is 2.37. The van der Waals surface area contributed by atoms with Gasteiger partial charge in [-0.25, -0.2) is 4.39 Å². The van der Waals surface area contributed by atoms with Crippen LogP contribution in [0.15, 0.2) is 30.3 Å². The molecule has 0 heterocycles. The lowest BCUT2D eigenvalue weighted by molar-refractivity contribution is 0.176. The minimum absolute atomic E-state index is 0.175. The fraction of sp³-hybridized carbons (Fsp3) is 0.294. The summed E-state index contributed by atoms with van der Waals surface area (Å²) < 4.78 is 13.8. The van der Waals surface area contributed by atoms with E-state index in [1.807, 2.05) is 32.9 Å². The molecule has 106 valence electrons. The van der Waals surface area contributed by atoms with Gasteiger partial charge in [-0.05, 0) is 55.2 Å². The molecular weight excluding hydrogens is 275 g/mol. The molecule has 0 saturated carbocycles. The zero-order chi connectivity index (χ0) is 14.9. The lowest BCUT2D eigenvalue weighted by Crippen LogP contribution is -2.07. The van der Waals surface area contributed by atoms with Crippen molar-refractivity contribution in [2.75, 3.05) is 0 Å². The second-order valence-corrected chi connectivity index (χ2v) is 5.62. The van der Waals surface area contributed by atoms with E-state index in [-0.39, 0.29) is 12.2 Å². The number of aryl methyl sites for hydroxylation is 3. The molecule has 2 aromatic rings. The van der Waals surface area contributed by atoms with Gasteiger partial charge in [-0.15, -0.1) is 0 Å². The average Bonchev–Trinajstić information content (AvgIpc) is 2.38. The Bertz CT molecular complexity index is 617. The molecule has 0 aliphatic carbocycles. The van der Waals surface area contributed by atoms with E-state index >= 15 is 0 Å². The number of benzene rings is 2. The maximum atomic E-state index is 13.8. The molecule has 2 aromatic carbocycles. The standard InChI is InChI=1S/C17H18ClFO/c1-10-7-12(3)13(8-11(10)2)17(20)9-14-15(18)5-4-6-16(14)19/h4-8,17,20H,9H2,1-3H3. The maximum Gasteiger partial charge on any atom is 0.127 e. The van der Waals surface area contributed by atoms with Crippen molar-refractivity contribution < 1.29 is 9.50 Å². The molecule has 0 bridgehead atoms. The van der Waals surface area contributed by atoms with Crippen molar-refractivity contribution in [1.29, 1.82) is 0 Å². The van der Waals surface area contributed by atoms with Crippen molar-refractivity contribution in [3.05, 3.63) is 69.0 Å². The molecule has 1 atom stereocenters. The highest BCUT2D eigenvalue weighted by Gasteiger charge is 2.16. The largest absolute Gasteiger partial charge is 0.388 e. The summed E-state index contributed by atoms with van der Waals surface area (Å²) in [6.07, 6.45) is -0.585. The molecule has 20 heavy (non-hydrogen) atoms. The smallest absolute Gasteiger partial charge is 0.127 e. The molecule has 0 aromatic heterocycles. The zero-order valence-electron chi connectivity index (χ0n) is 11.9. The minimum atomic E-state index is -0.760. The topological polar surface area (TPSA) is 20.2 Å². The van der Waals surface area contributed by atoms with Crippen LogP contribution in [0.4, 0.5) is 4.39 Å². The van der Waals surface area contributed by atoms with E-state index in [1.165, 1.54) is 11.6 Å². The number of hydrogen-bond acceptors (Lipinski definition) is 1. The molecule has 0 radical (unpaired) electrons. The first-order valence-corrected chi connectivity index (χ1v) is 6.96. The van der Waals surface area contributed by atoms with Crippen LogP contribution in [0.2, 0.25) is 5.02 Å². The van der Waals surface area contributed by atoms with Crippen molar-refractivity contribution in [2.24, 2.45) is 0 Å². The lowest BCUT2D eigenvalue weighted by Gasteiger charge is -2.17. The highest BCUT2D eigenvalue weighted by molar-refractivity contribution is 6.31. The summed E-state index contributed by atoms with van der Waals surface area (Å²) in [5, 5.41) is 10.7. The first-order chi connectivity index (χ1) is 9.40. The molecule has 1 N–H and O–H groups in total. The van der Waals surface area contributed by atoms with Crippen LogP contribution < -0.4 is 0 Å². The van der Waals surface area contributed by atoms with Crippen molar-refractivity contribution >= 4 is 11.6 Å². The molecule has 0 fully saturated rings. The second-order valence-electron chi connectivity index (χ2n) is 5.21. The molecular formula is C17H18ClFO. The number of rotatable bonds is 3. The van der Waals surface area contributed by atoms with Gasteiger partial charge in [-0.1, -0.05) is 29.8 Å². The van der Waals surface area contributed by atoms with E-state index in [4.69, 9.17) is 11.6 Å². The van der Waals surface area contributed by atoms with Crippen LogP contribution in [0.3, 0.4) is 0 Å². The van der Waals surface area contributed by atoms with Crippen molar-refractivity contribution in [3.8, 4) is 0 Å². The molecule has 3 heteroatoms. The third-order valence-corrected chi connectivity index (χ3v) is 4.05. The van der Waals surface area contributed by atoms with Gasteiger partial charge in [0, 0.05) is 17.0 Å².